The van der Waals surface area contributed by atoms with Gasteiger partial charge < -0.3 is 9.30 Å². The van der Waals surface area contributed by atoms with Gasteiger partial charge in [-0.25, -0.2) is 4.68 Å². The Labute approximate surface area is 187 Å². The van der Waals surface area contributed by atoms with Gasteiger partial charge in [0, 0.05) is 23.9 Å². The lowest BCUT2D eigenvalue weighted by atomic mass is 9.95. The van der Waals surface area contributed by atoms with Gasteiger partial charge in [0.1, 0.15) is 5.82 Å². The summed E-state index contributed by atoms with van der Waals surface area (Å²) in [4.78, 5) is 15.8. The first kappa shape index (κ1) is 21.7. The van der Waals surface area contributed by atoms with Gasteiger partial charge in [-0.2, -0.15) is 5.10 Å². The number of likely N-dealkylation sites (tertiary alicyclic amines) is 1. The van der Waals surface area contributed by atoms with Crippen LogP contribution < -0.4 is 0 Å². The third-order valence-electron chi connectivity index (χ3n) is 6.25. The molecule has 2 aromatic heterocycles. The average molecular weight is 449 g/mol. The molecule has 0 amide bonds. The molecular weight excluding hydrogens is 416 g/mol. The Balaban J connectivity index is 1.54. The minimum absolute atomic E-state index is 0.0427. The van der Waals surface area contributed by atoms with E-state index in [0.717, 1.165) is 42.9 Å². The number of hydrogen-bond acceptors (Lipinski definition) is 6. The van der Waals surface area contributed by atoms with Gasteiger partial charge in [0.2, 0.25) is 0 Å². The summed E-state index contributed by atoms with van der Waals surface area (Å²) in [5, 5.41) is 7.10. The number of carbonyl (C=O) groups excluding carboxylic acids is 1. The van der Waals surface area contributed by atoms with Crippen molar-refractivity contribution in [2.45, 2.75) is 71.0 Å². The van der Waals surface area contributed by atoms with Gasteiger partial charge in [-0.3, -0.25) is 9.69 Å². The highest BCUT2D eigenvalue weighted by molar-refractivity contribution is 7.71. The van der Waals surface area contributed by atoms with Crippen LogP contribution in [0.3, 0.4) is 0 Å². The van der Waals surface area contributed by atoms with Gasteiger partial charge in [-0.15, -0.1) is 11.3 Å². The summed E-state index contributed by atoms with van der Waals surface area (Å²) in [6.07, 6.45) is 8.96. The third kappa shape index (κ3) is 5.03. The Morgan fingerprint density at radius 1 is 1.27 bits per heavy atom. The number of esters is 1. The predicted octanol–water partition coefficient (Wildman–Crippen LogP) is 4.80. The van der Waals surface area contributed by atoms with Gasteiger partial charge >= 0.3 is 5.97 Å². The lowest BCUT2D eigenvalue weighted by molar-refractivity contribution is -0.150. The molecule has 2 fully saturated rings. The molecule has 0 N–H and O–H groups in total. The van der Waals surface area contributed by atoms with Crippen molar-refractivity contribution in [2.24, 2.45) is 5.92 Å². The second-order valence-corrected chi connectivity index (χ2v) is 9.82. The summed E-state index contributed by atoms with van der Waals surface area (Å²) in [6, 6.07) is 4.73. The molecule has 1 saturated carbocycles. The molecule has 30 heavy (non-hydrogen) atoms. The van der Waals surface area contributed by atoms with Crippen LogP contribution in [0.5, 0.6) is 0 Å². The highest BCUT2D eigenvalue weighted by Gasteiger charge is 2.28. The second-order valence-electron chi connectivity index (χ2n) is 8.43. The lowest BCUT2D eigenvalue weighted by Crippen LogP contribution is -2.40. The number of thiophene rings is 1. The van der Waals surface area contributed by atoms with E-state index in [1.165, 1.54) is 37.0 Å². The van der Waals surface area contributed by atoms with E-state index in [2.05, 4.69) is 27.0 Å². The molecule has 4 rings (SSSR count). The van der Waals surface area contributed by atoms with E-state index in [0.29, 0.717) is 19.3 Å². The average Bonchev–Trinajstić information content (AvgIpc) is 3.37. The minimum atomic E-state index is -0.0723. The minimum Gasteiger partial charge on any atom is -0.466 e. The van der Waals surface area contributed by atoms with E-state index in [1.54, 1.807) is 11.3 Å². The van der Waals surface area contributed by atoms with Gasteiger partial charge in [0.25, 0.3) is 0 Å². The van der Waals surface area contributed by atoms with Crippen molar-refractivity contribution < 1.29 is 9.53 Å². The van der Waals surface area contributed by atoms with E-state index in [4.69, 9.17) is 22.1 Å². The van der Waals surface area contributed by atoms with Crippen molar-refractivity contribution in [3.8, 4) is 0 Å². The number of ether oxygens (including phenoxy) is 1. The standard InChI is InChI=1S/C22H32N4O2S2/c1-2-28-21(27)17-8-6-12-24(15-17)16-25-22(29)26(18-9-4-3-5-10-18)20(23-25)14-19-11-7-13-30-19/h7,11,13,17-18H,2-6,8-10,12,14-16H2,1H3. The lowest BCUT2D eigenvalue weighted by Gasteiger charge is -2.31. The number of aromatic nitrogens is 3. The Hall–Kier alpha value is -1.51. The van der Waals surface area contributed by atoms with Gasteiger partial charge in [0.15, 0.2) is 4.77 Å². The van der Waals surface area contributed by atoms with Crippen LogP contribution in [0.4, 0.5) is 0 Å². The molecule has 2 aromatic rings. The molecule has 1 aliphatic heterocycles. The fourth-order valence-electron chi connectivity index (χ4n) is 4.78. The number of hydrogen-bond donors (Lipinski definition) is 0. The number of rotatable bonds is 7. The number of nitrogens with zero attached hydrogens (tertiary/aromatic N) is 4. The van der Waals surface area contributed by atoms with Crippen LogP contribution in [0.15, 0.2) is 17.5 Å². The fraction of sp³-hybridized carbons (Fsp3) is 0.682. The predicted molar refractivity (Wildman–Crippen MR) is 121 cm³/mol. The Kier molecular flexibility index (Phi) is 7.38. The smallest absolute Gasteiger partial charge is 0.310 e. The maximum absolute atomic E-state index is 12.2. The topological polar surface area (TPSA) is 52.3 Å². The van der Waals surface area contributed by atoms with Crippen molar-refractivity contribution in [1.82, 2.24) is 19.2 Å². The van der Waals surface area contributed by atoms with Crippen molar-refractivity contribution in [3.63, 3.8) is 0 Å². The van der Waals surface area contributed by atoms with Crippen LogP contribution in [0.25, 0.3) is 0 Å². The number of piperidine rings is 1. The zero-order valence-corrected chi connectivity index (χ0v) is 19.4. The third-order valence-corrected chi connectivity index (χ3v) is 7.54. The summed E-state index contributed by atoms with van der Waals surface area (Å²) in [5.74, 6) is 0.962. The second kappa shape index (κ2) is 10.2. The normalized spacial score (nSPS) is 21.0. The van der Waals surface area contributed by atoms with Crippen molar-refractivity contribution in [3.05, 3.63) is 33.0 Å². The summed E-state index contributed by atoms with van der Waals surface area (Å²) < 4.78 is 10.4. The zero-order chi connectivity index (χ0) is 20.9. The summed E-state index contributed by atoms with van der Waals surface area (Å²) >= 11 is 7.70. The van der Waals surface area contributed by atoms with Crippen molar-refractivity contribution in [2.75, 3.05) is 19.7 Å². The van der Waals surface area contributed by atoms with Crippen LogP contribution in [-0.2, 0) is 22.6 Å². The molecule has 8 heteroatoms. The Morgan fingerprint density at radius 3 is 2.83 bits per heavy atom. The van der Waals surface area contributed by atoms with E-state index < -0.39 is 0 Å². The molecule has 0 spiro atoms. The molecule has 1 aliphatic carbocycles. The van der Waals surface area contributed by atoms with Crippen LogP contribution >= 0.6 is 23.6 Å². The van der Waals surface area contributed by atoms with E-state index in [1.807, 2.05) is 11.6 Å². The first-order valence-electron chi connectivity index (χ1n) is 11.2. The molecule has 6 nitrogen and oxygen atoms in total. The Morgan fingerprint density at radius 2 is 2.10 bits per heavy atom. The largest absolute Gasteiger partial charge is 0.466 e. The molecule has 0 bridgehead atoms. The monoisotopic (exact) mass is 448 g/mol. The number of carbonyl (C=O) groups is 1. The van der Waals surface area contributed by atoms with Gasteiger partial charge in [-0.1, -0.05) is 25.3 Å². The molecular formula is C22H32N4O2S2. The van der Waals surface area contributed by atoms with Crippen LogP contribution in [0.2, 0.25) is 0 Å². The SMILES string of the molecule is CCOC(=O)C1CCCN(Cn2nc(Cc3cccs3)n(C3CCCCC3)c2=S)C1. The molecule has 3 heterocycles. The summed E-state index contributed by atoms with van der Waals surface area (Å²) in [6.45, 7) is 4.64. The molecule has 0 aromatic carbocycles. The molecule has 0 radical (unpaired) electrons. The first-order valence-corrected chi connectivity index (χ1v) is 12.5. The van der Waals surface area contributed by atoms with Gasteiger partial charge in [-0.05, 0) is 62.8 Å². The van der Waals surface area contributed by atoms with Crippen LogP contribution in [0.1, 0.15) is 68.6 Å². The van der Waals surface area contributed by atoms with Crippen LogP contribution in [0, 0.1) is 10.7 Å². The summed E-state index contributed by atoms with van der Waals surface area (Å²) in [7, 11) is 0. The van der Waals surface area contributed by atoms with Crippen molar-refractivity contribution in [1.29, 1.82) is 0 Å². The fourth-order valence-corrected chi connectivity index (χ4v) is 5.83. The van der Waals surface area contributed by atoms with Crippen molar-refractivity contribution >= 4 is 29.5 Å². The maximum atomic E-state index is 12.2. The molecule has 1 atom stereocenters. The van der Waals surface area contributed by atoms with E-state index in [9.17, 15) is 4.79 Å². The quantitative estimate of drug-likeness (QED) is 0.450. The van der Waals surface area contributed by atoms with Gasteiger partial charge in [0.05, 0.1) is 19.2 Å². The Bertz CT molecular complexity index is 884. The zero-order valence-electron chi connectivity index (χ0n) is 17.8. The van der Waals surface area contributed by atoms with E-state index >= 15 is 0 Å². The van der Waals surface area contributed by atoms with E-state index in [-0.39, 0.29) is 11.9 Å². The highest BCUT2D eigenvalue weighted by Crippen LogP contribution is 2.30. The highest BCUT2D eigenvalue weighted by atomic mass is 32.1. The maximum Gasteiger partial charge on any atom is 0.310 e. The van der Waals surface area contributed by atoms with Crippen LogP contribution in [-0.4, -0.2) is 44.9 Å². The first-order chi connectivity index (χ1) is 14.7. The molecule has 164 valence electrons. The summed E-state index contributed by atoms with van der Waals surface area (Å²) in [5.41, 5.74) is 0. The molecule has 1 saturated heterocycles. The molecule has 1 unspecified atom stereocenters. The molecule has 2 aliphatic rings.